The summed E-state index contributed by atoms with van der Waals surface area (Å²) in [5, 5.41) is 4.32. The van der Waals surface area contributed by atoms with Crippen molar-refractivity contribution in [1.82, 2.24) is 0 Å². The van der Waals surface area contributed by atoms with Crippen LogP contribution in [0.2, 0.25) is 0 Å². The number of benzene rings is 11. The SMILES string of the molecule is c1ccc(-c2ccc(-c3ccc(N(c4ccccc4)c4ccc(-c5ccc(-c6ccc(N(c7cccc8c7oc7ccccc78)c7cccc8c7oc7ccccc78)cc6)cc5)cc4)cc3)cc2)cc1. The van der Waals surface area contributed by atoms with E-state index in [4.69, 9.17) is 8.83 Å². The quantitative estimate of drug-likeness (QED) is 0.137. The lowest BCUT2D eigenvalue weighted by molar-refractivity contribution is 0.666. The Balaban J connectivity index is 0.788. The minimum absolute atomic E-state index is 0.827. The summed E-state index contributed by atoms with van der Waals surface area (Å²) in [7, 11) is 0. The Morgan fingerprint density at radius 1 is 0.200 bits per heavy atom. The summed E-state index contributed by atoms with van der Waals surface area (Å²) < 4.78 is 13.3. The van der Waals surface area contributed by atoms with Gasteiger partial charge in [-0.1, -0.05) is 194 Å². The first-order chi connectivity index (χ1) is 34.7. The molecule has 0 N–H and O–H groups in total. The number of rotatable bonds is 10. The maximum absolute atomic E-state index is 6.63. The molecule has 13 rings (SSSR count). The largest absolute Gasteiger partial charge is 0.454 e. The van der Waals surface area contributed by atoms with Crippen LogP contribution >= 0.6 is 0 Å². The molecule has 70 heavy (non-hydrogen) atoms. The van der Waals surface area contributed by atoms with Gasteiger partial charge in [0.1, 0.15) is 11.2 Å². The van der Waals surface area contributed by atoms with Crippen molar-refractivity contribution in [2.75, 3.05) is 9.80 Å². The van der Waals surface area contributed by atoms with Crippen molar-refractivity contribution < 1.29 is 8.83 Å². The van der Waals surface area contributed by atoms with Crippen LogP contribution in [0.1, 0.15) is 0 Å². The minimum atomic E-state index is 0.827. The van der Waals surface area contributed by atoms with Crippen molar-refractivity contribution >= 4 is 78.0 Å². The molecule has 4 nitrogen and oxygen atoms in total. The van der Waals surface area contributed by atoms with Gasteiger partial charge in [-0.3, -0.25) is 0 Å². The molecular weight excluding hydrogens is 853 g/mol. The molecule has 0 aliphatic carbocycles. The van der Waals surface area contributed by atoms with Crippen LogP contribution in [0.3, 0.4) is 0 Å². The highest BCUT2D eigenvalue weighted by Crippen LogP contribution is 2.46. The van der Waals surface area contributed by atoms with Crippen LogP contribution in [0.15, 0.2) is 276 Å². The van der Waals surface area contributed by atoms with E-state index in [1.54, 1.807) is 0 Å². The van der Waals surface area contributed by atoms with Gasteiger partial charge >= 0.3 is 0 Å². The van der Waals surface area contributed by atoms with Gasteiger partial charge in [-0.15, -0.1) is 0 Å². The van der Waals surface area contributed by atoms with Crippen LogP contribution in [0, 0.1) is 0 Å². The molecule has 2 aromatic heterocycles. The number of para-hydroxylation sites is 5. The second-order valence-electron chi connectivity index (χ2n) is 17.7. The average Bonchev–Trinajstić information content (AvgIpc) is 4.02. The molecule has 0 radical (unpaired) electrons. The summed E-state index contributed by atoms with van der Waals surface area (Å²) >= 11 is 0. The molecule has 330 valence electrons. The van der Waals surface area contributed by atoms with Gasteiger partial charge in [0.05, 0.1) is 11.4 Å². The molecule has 0 aliphatic rings. The van der Waals surface area contributed by atoms with Crippen LogP contribution in [0.5, 0.6) is 0 Å². The molecule has 0 fully saturated rings. The van der Waals surface area contributed by atoms with E-state index in [-0.39, 0.29) is 0 Å². The van der Waals surface area contributed by atoms with Gasteiger partial charge in [-0.05, 0) is 117 Å². The van der Waals surface area contributed by atoms with Crippen molar-refractivity contribution in [3.05, 3.63) is 267 Å². The molecule has 0 aliphatic heterocycles. The smallest absolute Gasteiger partial charge is 0.159 e. The second-order valence-corrected chi connectivity index (χ2v) is 17.7. The second kappa shape index (κ2) is 17.4. The fourth-order valence-electron chi connectivity index (χ4n) is 10.00. The molecule has 0 unspecified atom stereocenters. The van der Waals surface area contributed by atoms with Gasteiger partial charge in [0, 0.05) is 44.3 Å². The average molecular weight is 897 g/mol. The molecule has 0 saturated heterocycles. The van der Waals surface area contributed by atoms with Crippen molar-refractivity contribution in [1.29, 1.82) is 0 Å². The van der Waals surface area contributed by atoms with E-state index in [1.807, 2.05) is 24.3 Å². The third-order valence-electron chi connectivity index (χ3n) is 13.5. The van der Waals surface area contributed by atoms with Crippen molar-refractivity contribution in [2.24, 2.45) is 0 Å². The van der Waals surface area contributed by atoms with E-state index >= 15 is 0 Å². The zero-order valence-corrected chi connectivity index (χ0v) is 38.1. The third-order valence-corrected chi connectivity index (χ3v) is 13.5. The summed E-state index contributed by atoms with van der Waals surface area (Å²) in [6.45, 7) is 0. The van der Waals surface area contributed by atoms with Crippen LogP contribution in [0.4, 0.5) is 34.1 Å². The number of furan rings is 2. The summed E-state index contributed by atoms with van der Waals surface area (Å²) in [4.78, 5) is 4.58. The lowest BCUT2D eigenvalue weighted by Gasteiger charge is -2.26. The fourth-order valence-corrected chi connectivity index (χ4v) is 10.00. The van der Waals surface area contributed by atoms with Gasteiger partial charge in [-0.25, -0.2) is 0 Å². The molecular formula is C66H44N2O2. The first-order valence-electron chi connectivity index (χ1n) is 23.7. The molecule has 11 aromatic carbocycles. The fraction of sp³-hybridized carbons (Fsp3) is 0. The normalized spacial score (nSPS) is 11.4. The minimum Gasteiger partial charge on any atom is -0.454 e. The van der Waals surface area contributed by atoms with Crippen LogP contribution in [-0.2, 0) is 0 Å². The standard InChI is InChI=1S/C66H44N2O2/c1-3-13-45(14-4-1)46-25-27-47(28-26-46)50-33-39-54(40-34-50)67(53-15-5-2-6-16-53)55-41-35-51(36-42-55)48-29-31-49(32-30-48)52-37-43-56(44-38-52)68(61-21-11-19-59-57-17-7-9-23-63(57)69-65(59)61)62-22-12-20-60-58-18-8-10-24-64(58)70-66(60)62/h1-44H. The van der Waals surface area contributed by atoms with Crippen LogP contribution in [0.25, 0.3) is 88.4 Å². The summed E-state index contributed by atoms with van der Waals surface area (Å²) in [6.07, 6.45) is 0. The summed E-state index contributed by atoms with van der Waals surface area (Å²) in [6, 6.07) is 94.6. The Morgan fingerprint density at radius 3 is 0.886 bits per heavy atom. The van der Waals surface area contributed by atoms with E-state index in [2.05, 4.69) is 252 Å². The summed E-state index contributed by atoms with van der Waals surface area (Å²) in [5.41, 5.74) is 18.9. The molecule has 0 saturated carbocycles. The predicted molar refractivity (Wildman–Crippen MR) is 292 cm³/mol. The molecule has 2 heterocycles. The van der Waals surface area contributed by atoms with Crippen molar-refractivity contribution in [3.63, 3.8) is 0 Å². The first-order valence-corrected chi connectivity index (χ1v) is 23.7. The zero-order chi connectivity index (χ0) is 46.4. The molecule has 0 atom stereocenters. The number of hydrogen-bond acceptors (Lipinski definition) is 4. The van der Waals surface area contributed by atoms with Crippen molar-refractivity contribution in [3.8, 4) is 44.5 Å². The van der Waals surface area contributed by atoms with E-state index < -0.39 is 0 Å². The van der Waals surface area contributed by atoms with E-state index in [1.165, 1.54) is 22.3 Å². The van der Waals surface area contributed by atoms with Gasteiger partial charge in [0.25, 0.3) is 0 Å². The van der Waals surface area contributed by atoms with Crippen molar-refractivity contribution in [2.45, 2.75) is 0 Å². The Hall–Kier alpha value is -9.38. The molecule has 0 spiro atoms. The zero-order valence-electron chi connectivity index (χ0n) is 38.1. The highest BCUT2D eigenvalue weighted by Gasteiger charge is 2.23. The molecule has 0 amide bonds. The number of nitrogens with zero attached hydrogens (tertiary/aromatic N) is 2. The Bertz CT molecular complexity index is 3840. The Kier molecular flexibility index (Phi) is 10.1. The Labute approximate surface area is 406 Å². The lowest BCUT2D eigenvalue weighted by Crippen LogP contribution is -2.10. The topological polar surface area (TPSA) is 32.8 Å². The molecule has 4 heteroatoms. The molecule has 0 bridgehead atoms. The molecule has 13 aromatic rings. The van der Waals surface area contributed by atoms with Gasteiger partial charge < -0.3 is 18.6 Å². The number of fused-ring (bicyclic) bond motifs is 6. The monoisotopic (exact) mass is 896 g/mol. The highest BCUT2D eigenvalue weighted by molar-refractivity contribution is 6.14. The lowest BCUT2D eigenvalue weighted by atomic mass is 9.99. The van der Waals surface area contributed by atoms with E-state index in [9.17, 15) is 0 Å². The van der Waals surface area contributed by atoms with E-state index in [0.29, 0.717) is 0 Å². The predicted octanol–water partition coefficient (Wildman–Crippen LogP) is 19.1. The van der Waals surface area contributed by atoms with Gasteiger partial charge in [0.15, 0.2) is 11.2 Å². The van der Waals surface area contributed by atoms with Gasteiger partial charge in [0.2, 0.25) is 0 Å². The van der Waals surface area contributed by atoms with E-state index in [0.717, 1.165) is 100 Å². The maximum atomic E-state index is 6.63. The highest BCUT2D eigenvalue weighted by atomic mass is 16.3. The third kappa shape index (κ3) is 7.36. The maximum Gasteiger partial charge on any atom is 0.159 e. The van der Waals surface area contributed by atoms with Crippen LogP contribution in [-0.4, -0.2) is 0 Å². The number of anilines is 6. The first kappa shape index (κ1) is 40.9. The Morgan fingerprint density at radius 2 is 0.486 bits per heavy atom. The van der Waals surface area contributed by atoms with Crippen LogP contribution < -0.4 is 9.80 Å². The summed E-state index contributed by atoms with van der Waals surface area (Å²) in [5.74, 6) is 0. The number of hydrogen-bond donors (Lipinski definition) is 0. The van der Waals surface area contributed by atoms with Gasteiger partial charge in [-0.2, -0.15) is 0 Å².